The molecule has 4 atom stereocenters. The lowest BCUT2D eigenvalue weighted by Crippen LogP contribution is -2.42. The minimum atomic E-state index is -0.107. The number of amides is 1. The summed E-state index contributed by atoms with van der Waals surface area (Å²) in [4.78, 5) is 11.7. The highest BCUT2D eigenvalue weighted by Gasteiger charge is 2.19. The van der Waals surface area contributed by atoms with Crippen molar-refractivity contribution in [3.63, 3.8) is 0 Å². The van der Waals surface area contributed by atoms with Gasteiger partial charge in [-0.2, -0.15) is 0 Å². The highest BCUT2D eigenvalue weighted by molar-refractivity contribution is 5.79. The summed E-state index contributed by atoms with van der Waals surface area (Å²) in [5.41, 5.74) is 5.68. The molecule has 0 aliphatic heterocycles. The third kappa shape index (κ3) is 5.78. The van der Waals surface area contributed by atoms with E-state index in [1.54, 1.807) is 0 Å². The van der Waals surface area contributed by atoms with Gasteiger partial charge in [-0.1, -0.05) is 27.2 Å². The Labute approximate surface area is 93.8 Å². The summed E-state index contributed by atoms with van der Waals surface area (Å²) >= 11 is 0. The van der Waals surface area contributed by atoms with Crippen LogP contribution in [0.3, 0.4) is 0 Å². The third-order valence-corrected chi connectivity index (χ3v) is 3.04. The quantitative estimate of drug-likeness (QED) is 0.709. The van der Waals surface area contributed by atoms with E-state index in [0.29, 0.717) is 5.92 Å². The molecule has 3 heteroatoms. The van der Waals surface area contributed by atoms with E-state index < -0.39 is 0 Å². The van der Waals surface area contributed by atoms with Gasteiger partial charge < -0.3 is 11.1 Å². The molecule has 0 saturated heterocycles. The second kappa shape index (κ2) is 6.83. The van der Waals surface area contributed by atoms with Gasteiger partial charge in [0.25, 0.3) is 0 Å². The first kappa shape index (κ1) is 14.4. The van der Waals surface area contributed by atoms with Crippen LogP contribution in [0.2, 0.25) is 0 Å². The van der Waals surface area contributed by atoms with E-state index in [2.05, 4.69) is 26.1 Å². The van der Waals surface area contributed by atoms with Gasteiger partial charge in [-0.3, -0.25) is 4.79 Å². The summed E-state index contributed by atoms with van der Waals surface area (Å²) in [5.74, 6) is 0.621. The number of carbonyl (C=O) groups is 1. The predicted molar refractivity (Wildman–Crippen MR) is 64.5 cm³/mol. The van der Waals surface area contributed by atoms with Gasteiger partial charge in [0, 0.05) is 18.0 Å². The van der Waals surface area contributed by atoms with E-state index in [1.807, 2.05) is 13.8 Å². The highest BCUT2D eigenvalue weighted by Crippen LogP contribution is 2.10. The first-order valence-electron chi connectivity index (χ1n) is 5.94. The zero-order valence-electron chi connectivity index (χ0n) is 10.7. The lowest BCUT2D eigenvalue weighted by atomic mass is 9.98. The normalized spacial score (nSPS) is 19.1. The van der Waals surface area contributed by atoms with Crippen molar-refractivity contribution in [2.45, 2.75) is 59.5 Å². The van der Waals surface area contributed by atoms with E-state index in [0.717, 1.165) is 12.8 Å². The van der Waals surface area contributed by atoms with Crippen LogP contribution in [0.1, 0.15) is 47.5 Å². The van der Waals surface area contributed by atoms with Crippen LogP contribution >= 0.6 is 0 Å². The van der Waals surface area contributed by atoms with Gasteiger partial charge in [0.1, 0.15) is 0 Å². The molecular weight excluding hydrogens is 188 g/mol. The average molecular weight is 214 g/mol. The summed E-state index contributed by atoms with van der Waals surface area (Å²) < 4.78 is 0. The molecule has 3 nitrogen and oxygen atoms in total. The SMILES string of the molecule is CCC(C)CC(C)NC(=O)C(C)C(C)N. The molecule has 0 aliphatic rings. The topological polar surface area (TPSA) is 55.1 Å². The fraction of sp³-hybridized carbons (Fsp3) is 0.917. The smallest absolute Gasteiger partial charge is 0.224 e. The minimum absolute atomic E-state index is 0.0702. The second-order valence-electron chi connectivity index (χ2n) is 4.81. The number of carbonyl (C=O) groups excluding carboxylic acids is 1. The zero-order valence-corrected chi connectivity index (χ0v) is 10.7. The van der Waals surface area contributed by atoms with Gasteiger partial charge in [0.05, 0.1) is 0 Å². The lowest BCUT2D eigenvalue weighted by Gasteiger charge is -2.21. The van der Waals surface area contributed by atoms with Crippen molar-refractivity contribution in [1.29, 1.82) is 0 Å². The van der Waals surface area contributed by atoms with E-state index in [1.165, 1.54) is 0 Å². The molecular formula is C12H26N2O. The molecule has 0 aliphatic carbocycles. The molecule has 0 spiro atoms. The van der Waals surface area contributed by atoms with Crippen molar-refractivity contribution in [3.8, 4) is 0 Å². The fourth-order valence-electron chi connectivity index (χ4n) is 1.44. The van der Waals surface area contributed by atoms with Gasteiger partial charge in [-0.05, 0) is 26.2 Å². The minimum Gasteiger partial charge on any atom is -0.353 e. The molecule has 15 heavy (non-hydrogen) atoms. The summed E-state index contributed by atoms with van der Waals surface area (Å²) in [5, 5.41) is 3.01. The Morgan fingerprint density at radius 2 is 1.80 bits per heavy atom. The molecule has 3 N–H and O–H groups in total. The van der Waals surface area contributed by atoms with Crippen molar-refractivity contribution in [2.75, 3.05) is 0 Å². The van der Waals surface area contributed by atoms with Crippen LogP contribution in [0.25, 0.3) is 0 Å². The van der Waals surface area contributed by atoms with Crippen molar-refractivity contribution in [1.82, 2.24) is 5.32 Å². The highest BCUT2D eigenvalue weighted by atomic mass is 16.1. The molecule has 0 aromatic rings. The van der Waals surface area contributed by atoms with Crippen LogP contribution in [0.15, 0.2) is 0 Å². The second-order valence-corrected chi connectivity index (χ2v) is 4.81. The van der Waals surface area contributed by atoms with Crippen LogP contribution in [-0.4, -0.2) is 18.0 Å². The Morgan fingerprint density at radius 1 is 1.27 bits per heavy atom. The van der Waals surface area contributed by atoms with Crippen molar-refractivity contribution < 1.29 is 4.79 Å². The van der Waals surface area contributed by atoms with Gasteiger partial charge >= 0.3 is 0 Å². The maximum absolute atomic E-state index is 11.7. The summed E-state index contributed by atoms with van der Waals surface area (Å²) in [6.07, 6.45) is 2.19. The Hall–Kier alpha value is -0.570. The maximum Gasteiger partial charge on any atom is 0.224 e. The van der Waals surface area contributed by atoms with Crippen LogP contribution in [-0.2, 0) is 4.79 Å². The number of nitrogens with two attached hydrogens (primary N) is 1. The summed E-state index contributed by atoms with van der Waals surface area (Å²) in [6.45, 7) is 10.2. The van der Waals surface area contributed by atoms with Crippen molar-refractivity contribution in [3.05, 3.63) is 0 Å². The van der Waals surface area contributed by atoms with E-state index in [4.69, 9.17) is 5.73 Å². The molecule has 0 aromatic heterocycles. The average Bonchev–Trinajstić information content (AvgIpc) is 2.15. The molecule has 0 fully saturated rings. The number of rotatable bonds is 6. The van der Waals surface area contributed by atoms with Gasteiger partial charge in [0.15, 0.2) is 0 Å². The Bertz CT molecular complexity index is 192. The zero-order chi connectivity index (χ0) is 12.0. The molecule has 4 unspecified atom stereocenters. The molecule has 0 saturated carbocycles. The van der Waals surface area contributed by atoms with Crippen molar-refractivity contribution >= 4 is 5.91 Å². The maximum atomic E-state index is 11.7. The van der Waals surface area contributed by atoms with E-state index in [9.17, 15) is 4.79 Å². The van der Waals surface area contributed by atoms with Crippen LogP contribution in [0.5, 0.6) is 0 Å². The first-order chi connectivity index (χ1) is 6.88. The largest absolute Gasteiger partial charge is 0.353 e. The first-order valence-corrected chi connectivity index (χ1v) is 5.94. The fourth-order valence-corrected chi connectivity index (χ4v) is 1.44. The summed E-state index contributed by atoms with van der Waals surface area (Å²) in [7, 11) is 0. The summed E-state index contributed by atoms with van der Waals surface area (Å²) in [6, 6.07) is 0.162. The molecule has 0 radical (unpaired) electrons. The van der Waals surface area contributed by atoms with Crippen LogP contribution in [0, 0.1) is 11.8 Å². The van der Waals surface area contributed by atoms with Gasteiger partial charge in [-0.25, -0.2) is 0 Å². The lowest BCUT2D eigenvalue weighted by molar-refractivity contribution is -0.125. The Kier molecular flexibility index (Phi) is 6.57. The number of hydrogen-bond acceptors (Lipinski definition) is 2. The van der Waals surface area contributed by atoms with Gasteiger partial charge in [-0.15, -0.1) is 0 Å². The molecule has 0 rings (SSSR count). The predicted octanol–water partition coefficient (Wildman–Crippen LogP) is 1.91. The van der Waals surface area contributed by atoms with Crippen LogP contribution < -0.4 is 11.1 Å². The molecule has 90 valence electrons. The Balaban J connectivity index is 3.96. The Morgan fingerprint density at radius 3 is 2.20 bits per heavy atom. The third-order valence-electron chi connectivity index (χ3n) is 3.04. The molecule has 1 amide bonds. The number of nitrogens with one attached hydrogen (secondary N) is 1. The standard InChI is InChI=1S/C12H26N2O/c1-6-8(2)7-9(3)14-12(15)10(4)11(5)13/h8-11H,6-7,13H2,1-5H3,(H,14,15). The van der Waals surface area contributed by atoms with E-state index in [-0.39, 0.29) is 23.9 Å². The van der Waals surface area contributed by atoms with Crippen LogP contribution in [0.4, 0.5) is 0 Å². The van der Waals surface area contributed by atoms with E-state index >= 15 is 0 Å². The number of hydrogen-bond donors (Lipinski definition) is 2. The van der Waals surface area contributed by atoms with Crippen molar-refractivity contribution in [2.24, 2.45) is 17.6 Å². The monoisotopic (exact) mass is 214 g/mol. The molecule has 0 heterocycles. The van der Waals surface area contributed by atoms with Gasteiger partial charge in [0.2, 0.25) is 5.91 Å². The molecule has 0 bridgehead atoms. The molecule has 0 aromatic carbocycles.